The van der Waals surface area contributed by atoms with Crippen molar-refractivity contribution >= 4 is 54.0 Å². The molecule has 3 heterocycles. The second-order valence-electron chi connectivity index (χ2n) is 4.86. The lowest BCUT2D eigenvalue weighted by Gasteiger charge is -2.16. The van der Waals surface area contributed by atoms with Crippen LogP contribution >= 0.6 is 36.6 Å². The first-order valence-corrected chi connectivity index (χ1v) is 7.81. The normalized spacial score (nSPS) is 20.6. The van der Waals surface area contributed by atoms with Crippen molar-refractivity contribution in [3.63, 3.8) is 0 Å². The van der Waals surface area contributed by atoms with Gasteiger partial charge >= 0.3 is 0 Å². The molecule has 21 heavy (non-hydrogen) atoms. The summed E-state index contributed by atoms with van der Waals surface area (Å²) in [6, 6.07) is 3.83. The minimum Gasteiger partial charge on any atom is -0.357 e. The summed E-state index contributed by atoms with van der Waals surface area (Å²) in [5.41, 5.74) is 0.770. The van der Waals surface area contributed by atoms with Crippen LogP contribution in [0, 0.1) is 0 Å². The summed E-state index contributed by atoms with van der Waals surface area (Å²) in [6.45, 7) is 2.17. The molecule has 2 aliphatic heterocycles. The first-order chi connectivity index (χ1) is 9.33. The van der Waals surface area contributed by atoms with Gasteiger partial charge in [0.2, 0.25) is 5.91 Å². The minimum absolute atomic E-state index is 0. The molecule has 0 radical (unpaired) electrons. The molecule has 1 unspecified atom stereocenters. The third-order valence-corrected chi connectivity index (χ3v) is 4.42. The number of rotatable bonds is 3. The van der Waals surface area contributed by atoms with Gasteiger partial charge in [-0.05, 0) is 25.0 Å². The average Bonchev–Trinajstić information content (AvgIpc) is 3.13. The quantitative estimate of drug-likeness (QED) is 0.874. The van der Waals surface area contributed by atoms with Crippen molar-refractivity contribution < 1.29 is 4.79 Å². The van der Waals surface area contributed by atoms with Gasteiger partial charge in [0.15, 0.2) is 0 Å². The summed E-state index contributed by atoms with van der Waals surface area (Å²) in [5, 5.41) is 6.06. The summed E-state index contributed by atoms with van der Waals surface area (Å²) in [6.07, 6.45) is 4.23. The number of thioether (sulfide) groups is 1. The number of anilines is 2. The minimum atomic E-state index is -0.0803. The Hall–Kier alpha value is -0.690. The highest BCUT2D eigenvalue weighted by molar-refractivity contribution is 7.99. The van der Waals surface area contributed by atoms with Gasteiger partial charge in [0, 0.05) is 24.7 Å². The van der Waals surface area contributed by atoms with Crippen LogP contribution in [0.25, 0.3) is 0 Å². The van der Waals surface area contributed by atoms with Crippen LogP contribution < -0.4 is 15.5 Å². The maximum absolute atomic E-state index is 11.9. The van der Waals surface area contributed by atoms with Gasteiger partial charge in [-0.2, -0.15) is 0 Å². The van der Waals surface area contributed by atoms with Crippen LogP contribution in [0.5, 0.6) is 0 Å². The zero-order valence-corrected chi connectivity index (χ0v) is 14.0. The zero-order chi connectivity index (χ0) is 13.1. The molecule has 0 aromatic carbocycles. The molecular weight excluding hydrogens is 331 g/mol. The number of halogens is 2. The first-order valence-electron chi connectivity index (χ1n) is 6.66. The molecule has 2 saturated heterocycles. The standard InChI is InChI=1S/C13H18N4OS.2ClH/c18-13(11-8-19-9-15-11)16-10-3-4-12(14-7-10)17-5-1-2-6-17;;/h3-4,7,11,15H,1-2,5-6,8-9H2,(H,16,18);2*1H. The molecule has 0 bridgehead atoms. The van der Waals surface area contributed by atoms with E-state index in [9.17, 15) is 4.79 Å². The van der Waals surface area contributed by atoms with Gasteiger partial charge in [0.05, 0.1) is 17.9 Å². The predicted octanol–water partition coefficient (Wildman–Crippen LogP) is 2.13. The number of nitrogens with zero attached hydrogens (tertiary/aromatic N) is 2. The molecule has 0 saturated carbocycles. The van der Waals surface area contributed by atoms with E-state index in [0.29, 0.717) is 0 Å². The third-order valence-electron chi connectivity index (χ3n) is 3.48. The number of hydrogen-bond donors (Lipinski definition) is 2. The van der Waals surface area contributed by atoms with Crippen LogP contribution in [0.1, 0.15) is 12.8 Å². The SMILES string of the molecule is Cl.Cl.O=C(Nc1ccc(N2CCCC2)nc1)C1CSCN1. The molecular formula is C13H20Cl2N4OS. The summed E-state index contributed by atoms with van der Waals surface area (Å²) >= 11 is 1.75. The number of carbonyl (C=O) groups excluding carboxylic acids is 1. The lowest BCUT2D eigenvalue weighted by Crippen LogP contribution is -2.37. The fraction of sp³-hybridized carbons (Fsp3) is 0.538. The molecule has 1 amide bonds. The summed E-state index contributed by atoms with van der Waals surface area (Å²) < 4.78 is 0. The Bertz CT molecular complexity index is 448. The maximum atomic E-state index is 11.9. The first kappa shape index (κ1) is 18.4. The Kier molecular flexibility index (Phi) is 7.59. The fourth-order valence-electron chi connectivity index (χ4n) is 2.39. The molecule has 2 N–H and O–H groups in total. The number of nitrogens with one attached hydrogen (secondary N) is 2. The topological polar surface area (TPSA) is 57.3 Å². The van der Waals surface area contributed by atoms with Gasteiger partial charge in [0.25, 0.3) is 0 Å². The Morgan fingerprint density at radius 2 is 2.10 bits per heavy atom. The van der Waals surface area contributed by atoms with E-state index in [1.165, 1.54) is 12.8 Å². The Labute approximate surface area is 141 Å². The zero-order valence-electron chi connectivity index (χ0n) is 11.6. The predicted molar refractivity (Wildman–Crippen MR) is 93.1 cm³/mol. The van der Waals surface area contributed by atoms with E-state index < -0.39 is 0 Å². The maximum Gasteiger partial charge on any atom is 0.242 e. The van der Waals surface area contributed by atoms with Gasteiger partial charge in [-0.15, -0.1) is 36.6 Å². The van der Waals surface area contributed by atoms with Crippen molar-refractivity contribution in [2.45, 2.75) is 18.9 Å². The number of hydrogen-bond acceptors (Lipinski definition) is 5. The molecule has 2 fully saturated rings. The van der Waals surface area contributed by atoms with E-state index in [4.69, 9.17) is 0 Å². The molecule has 0 spiro atoms. The van der Waals surface area contributed by atoms with Crippen LogP contribution in [0.3, 0.4) is 0 Å². The van der Waals surface area contributed by atoms with Crippen molar-refractivity contribution in [1.82, 2.24) is 10.3 Å². The molecule has 0 aliphatic carbocycles. The van der Waals surface area contributed by atoms with Crippen molar-refractivity contribution in [3.8, 4) is 0 Å². The second kappa shape index (κ2) is 8.68. The van der Waals surface area contributed by atoms with Gasteiger partial charge in [-0.25, -0.2) is 4.98 Å². The molecule has 2 aliphatic rings. The lowest BCUT2D eigenvalue weighted by atomic mass is 10.3. The highest BCUT2D eigenvalue weighted by Gasteiger charge is 2.22. The number of pyridine rings is 1. The van der Waals surface area contributed by atoms with Crippen LogP contribution in [0.15, 0.2) is 18.3 Å². The van der Waals surface area contributed by atoms with Crippen molar-refractivity contribution in [3.05, 3.63) is 18.3 Å². The highest BCUT2D eigenvalue weighted by Crippen LogP contribution is 2.19. The second-order valence-corrected chi connectivity index (χ2v) is 5.89. The van der Waals surface area contributed by atoms with Crippen LogP contribution in [0.4, 0.5) is 11.5 Å². The Morgan fingerprint density at radius 1 is 1.33 bits per heavy atom. The fourth-order valence-corrected chi connectivity index (χ4v) is 3.33. The molecule has 8 heteroatoms. The summed E-state index contributed by atoms with van der Waals surface area (Å²) in [5.74, 6) is 2.72. The summed E-state index contributed by atoms with van der Waals surface area (Å²) in [4.78, 5) is 18.6. The van der Waals surface area contributed by atoms with Crippen molar-refractivity contribution in [2.75, 3.05) is 34.9 Å². The van der Waals surface area contributed by atoms with E-state index in [0.717, 1.165) is 36.2 Å². The molecule has 1 aromatic heterocycles. The Balaban J connectivity index is 0.00000110. The number of amides is 1. The Morgan fingerprint density at radius 3 is 2.67 bits per heavy atom. The van der Waals surface area contributed by atoms with Crippen LogP contribution in [-0.4, -0.2) is 41.7 Å². The molecule has 118 valence electrons. The monoisotopic (exact) mass is 350 g/mol. The molecule has 5 nitrogen and oxygen atoms in total. The van der Waals surface area contributed by atoms with E-state index in [2.05, 4.69) is 20.5 Å². The highest BCUT2D eigenvalue weighted by atomic mass is 35.5. The average molecular weight is 351 g/mol. The third kappa shape index (κ3) is 4.64. The van der Waals surface area contributed by atoms with E-state index in [1.807, 2.05) is 12.1 Å². The number of aromatic nitrogens is 1. The van der Waals surface area contributed by atoms with E-state index in [-0.39, 0.29) is 36.8 Å². The van der Waals surface area contributed by atoms with Crippen LogP contribution in [0.2, 0.25) is 0 Å². The van der Waals surface area contributed by atoms with Crippen molar-refractivity contribution in [2.24, 2.45) is 0 Å². The van der Waals surface area contributed by atoms with Crippen LogP contribution in [-0.2, 0) is 4.79 Å². The van der Waals surface area contributed by atoms with Gasteiger partial charge in [-0.3, -0.25) is 10.1 Å². The van der Waals surface area contributed by atoms with Crippen molar-refractivity contribution in [1.29, 1.82) is 0 Å². The van der Waals surface area contributed by atoms with Gasteiger partial charge in [-0.1, -0.05) is 0 Å². The smallest absolute Gasteiger partial charge is 0.242 e. The lowest BCUT2D eigenvalue weighted by molar-refractivity contribution is -0.117. The van der Waals surface area contributed by atoms with E-state index >= 15 is 0 Å². The van der Waals surface area contributed by atoms with Gasteiger partial charge in [0.1, 0.15) is 5.82 Å². The largest absolute Gasteiger partial charge is 0.357 e. The number of carbonyl (C=O) groups is 1. The van der Waals surface area contributed by atoms with Gasteiger partial charge < -0.3 is 10.2 Å². The van der Waals surface area contributed by atoms with E-state index in [1.54, 1.807) is 18.0 Å². The molecule has 3 rings (SSSR count). The molecule has 1 aromatic rings. The molecule has 1 atom stereocenters. The summed E-state index contributed by atoms with van der Waals surface area (Å²) in [7, 11) is 0.